The van der Waals surface area contributed by atoms with Gasteiger partial charge in [-0.05, 0) is 17.7 Å². The van der Waals surface area contributed by atoms with Crippen molar-refractivity contribution in [2.24, 2.45) is 11.5 Å². The molecule has 4 N–H and O–H groups in total. The quantitative estimate of drug-likeness (QED) is 0.766. The average Bonchev–Trinajstić information content (AvgIpc) is 2.37. The molecule has 0 radical (unpaired) electrons. The topological polar surface area (TPSA) is 96.8 Å². The molecule has 0 saturated heterocycles. The van der Waals surface area contributed by atoms with Gasteiger partial charge < -0.3 is 25.7 Å². The van der Waals surface area contributed by atoms with Crippen molar-refractivity contribution in [1.82, 2.24) is 0 Å². The Labute approximate surface area is 105 Å². The van der Waals surface area contributed by atoms with Crippen LogP contribution in [-0.2, 0) is 9.53 Å². The lowest BCUT2D eigenvalue weighted by Crippen LogP contribution is -2.23. The minimum absolute atomic E-state index is 0.127. The van der Waals surface area contributed by atoms with E-state index < -0.39 is 5.91 Å². The van der Waals surface area contributed by atoms with Gasteiger partial charge in [-0.1, -0.05) is 6.07 Å². The predicted molar refractivity (Wildman–Crippen MR) is 64.4 cm³/mol. The Kier molecular flexibility index (Phi) is 4.01. The number of primary amides is 1. The molecule has 18 heavy (non-hydrogen) atoms. The van der Waals surface area contributed by atoms with Crippen LogP contribution in [-0.4, -0.2) is 32.3 Å². The summed E-state index contributed by atoms with van der Waals surface area (Å²) in [6, 6.07) is 5.16. The molecular weight excluding hydrogens is 236 g/mol. The normalized spacial score (nSPS) is 15.2. The highest BCUT2D eigenvalue weighted by molar-refractivity contribution is 5.74. The molecule has 1 heterocycles. The lowest BCUT2D eigenvalue weighted by Gasteiger charge is -2.20. The Balaban J connectivity index is 1.97. The van der Waals surface area contributed by atoms with Crippen molar-refractivity contribution in [3.05, 3.63) is 23.8 Å². The van der Waals surface area contributed by atoms with Crippen molar-refractivity contribution in [2.45, 2.75) is 6.04 Å². The van der Waals surface area contributed by atoms with Gasteiger partial charge in [0.1, 0.15) is 19.8 Å². The number of ether oxygens (including phenoxy) is 3. The van der Waals surface area contributed by atoms with Crippen LogP contribution >= 0.6 is 0 Å². The van der Waals surface area contributed by atoms with E-state index in [2.05, 4.69) is 0 Å². The van der Waals surface area contributed by atoms with Crippen molar-refractivity contribution >= 4 is 5.91 Å². The molecular formula is C12H16N2O4. The Morgan fingerprint density at radius 2 is 2.06 bits per heavy atom. The van der Waals surface area contributed by atoms with Crippen molar-refractivity contribution in [3.8, 4) is 11.5 Å². The van der Waals surface area contributed by atoms with E-state index >= 15 is 0 Å². The largest absolute Gasteiger partial charge is 0.486 e. The summed E-state index contributed by atoms with van der Waals surface area (Å²) in [7, 11) is 0. The smallest absolute Gasteiger partial charge is 0.243 e. The molecule has 0 aromatic heterocycles. The van der Waals surface area contributed by atoms with Gasteiger partial charge in [0.2, 0.25) is 5.91 Å². The van der Waals surface area contributed by atoms with Gasteiger partial charge in [0.05, 0.1) is 12.6 Å². The van der Waals surface area contributed by atoms with Crippen molar-refractivity contribution < 1.29 is 19.0 Å². The van der Waals surface area contributed by atoms with Crippen LogP contribution in [0, 0.1) is 0 Å². The summed E-state index contributed by atoms with van der Waals surface area (Å²) in [4.78, 5) is 10.5. The number of nitrogens with two attached hydrogens (primary N) is 2. The Morgan fingerprint density at radius 1 is 1.33 bits per heavy atom. The van der Waals surface area contributed by atoms with E-state index in [4.69, 9.17) is 25.7 Å². The number of carbonyl (C=O) groups excluding carboxylic acids is 1. The van der Waals surface area contributed by atoms with Gasteiger partial charge in [0, 0.05) is 0 Å². The SMILES string of the molecule is NC(=O)COCC(N)c1ccc2c(c1)OCCO2. The van der Waals surface area contributed by atoms with Crippen molar-refractivity contribution in [3.63, 3.8) is 0 Å². The van der Waals surface area contributed by atoms with Crippen LogP contribution in [0.2, 0.25) is 0 Å². The highest BCUT2D eigenvalue weighted by atomic mass is 16.6. The van der Waals surface area contributed by atoms with Gasteiger partial charge in [-0.3, -0.25) is 4.79 Å². The number of benzene rings is 1. The van der Waals surface area contributed by atoms with Gasteiger partial charge in [0.25, 0.3) is 0 Å². The first-order valence-corrected chi connectivity index (χ1v) is 5.68. The van der Waals surface area contributed by atoms with Gasteiger partial charge in [-0.2, -0.15) is 0 Å². The maximum absolute atomic E-state index is 10.5. The molecule has 6 nitrogen and oxygen atoms in total. The van der Waals surface area contributed by atoms with Crippen LogP contribution in [0.5, 0.6) is 11.5 Å². The maximum Gasteiger partial charge on any atom is 0.243 e. The van der Waals surface area contributed by atoms with Gasteiger partial charge in [-0.15, -0.1) is 0 Å². The molecule has 6 heteroatoms. The van der Waals surface area contributed by atoms with Crippen LogP contribution in [0.15, 0.2) is 18.2 Å². The summed E-state index contributed by atoms with van der Waals surface area (Å²) < 4.78 is 16.0. The third-order valence-corrected chi connectivity index (χ3v) is 2.54. The zero-order valence-electron chi connectivity index (χ0n) is 9.93. The highest BCUT2D eigenvalue weighted by Crippen LogP contribution is 2.32. The summed E-state index contributed by atoms with van der Waals surface area (Å²) in [5.41, 5.74) is 11.8. The lowest BCUT2D eigenvalue weighted by atomic mass is 10.1. The summed E-state index contributed by atoms with van der Waals surface area (Å²) >= 11 is 0. The zero-order valence-corrected chi connectivity index (χ0v) is 9.93. The van der Waals surface area contributed by atoms with Crippen LogP contribution in [0.4, 0.5) is 0 Å². The zero-order chi connectivity index (χ0) is 13.0. The standard InChI is InChI=1S/C12H16N2O4/c13-9(6-16-7-12(14)15)8-1-2-10-11(5-8)18-4-3-17-10/h1-2,5,9H,3-4,6-7,13H2,(H2,14,15). The van der Waals surface area contributed by atoms with Gasteiger partial charge >= 0.3 is 0 Å². The molecule has 0 saturated carbocycles. The Morgan fingerprint density at radius 3 is 2.78 bits per heavy atom. The lowest BCUT2D eigenvalue weighted by molar-refractivity contribution is -0.122. The fraction of sp³-hybridized carbons (Fsp3) is 0.417. The third-order valence-electron chi connectivity index (χ3n) is 2.54. The molecule has 1 aromatic carbocycles. The molecule has 0 spiro atoms. The van der Waals surface area contributed by atoms with Crippen LogP contribution in [0.3, 0.4) is 0 Å². The molecule has 1 aliphatic heterocycles. The van der Waals surface area contributed by atoms with Crippen LogP contribution < -0.4 is 20.9 Å². The summed E-state index contributed by atoms with van der Waals surface area (Å²) in [6.45, 7) is 1.19. The minimum Gasteiger partial charge on any atom is -0.486 e. The molecule has 1 aliphatic rings. The van der Waals surface area contributed by atoms with Crippen molar-refractivity contribution in [2.75, 3.05) is 26.4 Å². The van der Waals surface area contributed by atoms with E-state index in [1.54, 1.807) is 0 Å². The number of hydrogen-bond donors (Lipinski definition) is 2. The second-order valence-electron chi connectivity index (χ2n) is 3.99. The first kappa shape index (κ1) is 12.7. The van der Waals surface area contributed by atoms with E-state index in [0.717, 1.165) is 11.3 Å². The Hall–Kier alpha value is -1.79. The molecule has 2 rings (SSSR count). The summed E-state index contributed by atoms with van der Waals surface area (Å²) in [5, 5.41) is 0. The number of hydrogen-bond acceptors (Lipinski definition) is 5. The fourth-order valence-corrected chi connectivity index (χ4v) is 1.67. The molecule has 0 aliphatic carbocycles. The average molecular weight is 252 g/mol. The molecule has 1 unspecified atom stereocenters. The predicted octanol–water partition coefficient (Wildman–Crippen LogP) is -0.0405. The van der Waals surface area contributed by atoms with Gasteiger partial charge in [-0.25, -0.2) is 0 Å². The number of amides is 1. The van der Waals surface area contributed by atoms with E-state index in [1.165, 1.54) is 0 Å². The third kappa shape index (κ3) is 3.12. The molecule has 0 fully saturated rings. The Bertz CT molecular complexity index is 436. The maximum atomic E-state index is 10.5. The van der Waals surface area contributed by atoms with E-state index in [1.807, 2.05) is 18.2 Å². The first-order chi connectivity index (χ1) is 8.66. The van der Waals surface area contributed by atoms with E-state index in [-0.39, 0.29) is 19.3 Å². The molecule has 1 aromatic rings. The van der Waals surface area contributed by atoms with E-state index in [0.29, 0.717) is 19.0 Å². The molecule has 1 amide bonds. The molecule has 98 valence electrons. The monoisotopic (exact) mass is 252 g/mol. The van der Waals surface area contributed by atoms with Gasteiger partial charge in [0.15, 0.2) is 11.5 Å². The second kappa shape index (κ2) is 5.70. The molecule has 0 bridgehead atoms. The van der Waals surface area contributed by atoms with Crippen LogP contribution in [0.25, 0.3) is 0 Å². The van der Waals surface area contributed by atoms with Crippen LogP contribution in [0.1, 0.15) is 11.6 Å². The number of carbonyl (C=O) groups is 1. The number of fused-ring (bicyclic) bond motifs is 1. The highest BCUT2D eigenvalue weighted by Gasteiger charge is 2.14. The fourth-order valence-electron chi connectivity index (χ4n) is 1.67. The summed E-state index contributed by atoms with van der Waals surface area (Å²) in [6.07, 6.45) is 0. The summed E-state index contributed by atoms with van der Waals surface area (Å²) in [5.74, 6) is 0.892. The molecule has 1 atom stereocenters. The van der Waals surface area contributed by atoms with Crippen molar-refractivity contribution in [1.29, 1.82) is 0 Å². The minimum atomic E-state index is -0.510. The van der Waals surface area contributed by atoms with E-state index in [9.17, 15) is 4.79 Å². The first-order valence-electron chi connectivity index (χ1n) is 5.68. The second-order valence-corrected chi connectivity index (χ2v) is 3.99. The number of rotatable bonds is 5.